The van der Waals surface area contributed by atoms with Gasteiger partial charge in [-0.15, -0.1) is 0 Å². The van der Waals surface area contributed by atoms with E-state index in [1.54, 1.807) is 0 Å². The summed E-state index contributed by atoms with van der Waals surface area (Å²) in [5.41, 5.74) is 1.14. The number of nitrogens with one attached hydrogen (secondary N) is 2. The van der Waals surface area contributed by atoms with E-state index < -0.39 is 0 Å². The first-order chi connectivity index (χ1) is 11.8. The molecule has 4 rings (SSSR count). The Balaban J connectivity index is 1.27. The predicted molar refractivity (Wildman–Crippen MR) is 94.8 cm³/mol. The number of hydrogen-bond donors (Lipinski definition) is 2. The van der Waals surface area contributed by atoms with Crippen LogP contribution >= 0.6 is 0 Å². The van der Waals surface area contributed by atoms with Crippen molar-refractivity contribution in [1.29, 1.82) is 0 Å². The fourth-order valence-electron chi connectivity index (χ4n) is 4.57. The Kier molecular flexibility index (Phi) is 4.69. The summed E-state index contributed by atoms with van der Waals surface area (Å²) in [7, 11) is 0. The van der Waals surface area contributed by atoms with Gasteiger partial charge in [0.05, 0.1) is 0 Å². The van der Waals surface area contributed by atoms with Crippen LogP contribution in [-0.4, -0.2) is 36.1 Å². The van der Waals surface area contributed by atoms with E-state index in [2.05, 4.69) is 26.6 Å². The highest BCUT2D eigenvalue weighted by Gasteiger charge is 2.34. The van der Waals surface area contributed by atoms with E-state index in [0.29, 0.717) is 31.0 Å². The van der Waals surface area contributed by atoms with Crippen LogP contribution in [0.1, 0.15) is 50.5 Å². The fraction of sp³-hybridized carbons (Fsp3) is 0.684. The minimum absolute atomic E-state index is 0.195. The second-order valence-electron chi connectivity index (χ2n) is 7.67. The molecule has 0 aliphatic carbocycles. The Morgan fingerprint density at radius 2 is 2.00 bits per heavy atom. The molecule has 24 heavy (non-hydrogen) atoms. The van der Waals surface area contributed by atoms with Crippen LogP contribution in [0.3, 0.4) is 0 Å². The van der Waals surface area contributed by atoms with Gasteiger partial charge in [-0.25, -0.2) is 4.98 Å². The summed E-state index contributed by atoms with van der Waals surface area (Å²) in [4.78, 5) is 19.1. The van der Waals surface area contributed by atoms with Gasteiger partial charge < -0.3 is 15.5 Å². The molecule has 0 spiro atoms. The van der Waals surface area contributed by atoms with Gasteiger partial charge >= 0.3 is 0 Å². The Morgan fingerprint density at radius 1 is 1.25 bits per heavy atom. The van der Waals surface area contributed by atoms with Crippen LogP contribution in [0, 0.1) is 5.92 Å². The standard InChI is InChI=1S/C19H28N4O/c24-19(12-15-9-16-3-4-17(10-15)22-16)21-13-14-5-6-20-18(11-14)23-7-1-2-8-23/h5-6,11,15-17,22H,1-4,7-10,12-13H2,(H,21,24). The van der Waals surface area contributed by atoms with Crippen molar-refractivity contribution in [3.63, 3.8) is 0 Å². The lowest BCUT2D eigenvalue weighted by molar-refractivity contribution is -0.122. The molecule has 2 unspecified atom stereocenters. The molecule has 1 amide bonds. The Morgan fingerprint density at radius 3 is 2.75 bits per heavy atom. The van der Waals surface area contributed by atoms with E-state index in [-0.39, 0.29) is 5.91 Å². The van der Waals surface area contributed by atoms with Crippen LogP contribution in [0.5, 0.6) is 0 Å². The molecule has 2 atom stereocenters. The summed E-state index contributed by atoms with van der Waals surface area (Å²) in [6.45, 7) is 2.81. The molecular weight excluding hydrogens is 300 g/mol. The molecule has 0 saturated carbocycles. The molecule has 0 radical (unpaired) electrons. The number of carbonyl (C=O) groups is 1. The summed E-state index contributed by atoms with van der Waals surface area (Å²) in [6.07, 6.45) is 9.95. The number of nitrogens with zero attached hydrogens (tertiary/aromatic N) is 2. The van der Waals surface area contributed by atoms with E-state index in [0.717, 1.165) is 37.3 Å². The van der Waals surface area contributed by atoms with Gasteiger partial charge in [-0.3, -0.25) is 4.79 Å². The van der Waals surface area contributed by atoms with Crippen molar-refractivity contribution >= 4 is 11.7 Å². The van der Waals surface area contributed by atoms with Crippen LogP contribution in [0.2, 0.25) is 0 Å². The molecule has 3 aliphatic heterocycles. The van der Waals surface area contributed by atoms with Crippen LogP contribution in [-0.2, 0) is 11.3 Å². The lowest BCUT2D eigenvalue weighted by Gasteiger charge is -2.28. The van der Waals surface area contributed by atoms with Gasteiger partial charge in [0.15, 0.2) is 0 Å². The number of rotatable bonds is 5. The van der Waals surface area contributed by atoms with E-state index in [9.17, 15) is 4.79 Å². The van der Waals surface area contributed by atoms with Crippen LogP contribution in [0.25, 0.3) is 0 Å². The van der Waals surface area contributed by atoms with Crippen molar-refractivity contribution in [2.45, 2.75) is 63.6 Å². The second kappa shape index (κ2) is 7.09. The van der Waals surface area contributed by atoms with E-state index in [4.69, 9.17) is 0 Å². The summed E-state index contributed by atoms with van der Waals surface area (Å²) in [6, 6.07) is 5.44. The number of aromatic nitrogens is 1. The number of hydrogen-bond acceptors (Lipinski definition) is 4. The van der Waals surface area contributed by atoms with E-state index in [1.165, 1.54) is 25.7 Å². The molecule has 0 aromatic carbocycles. The summed E-state index contributed by atoms with van der Waals surface area (Å²) in [5, 5.41) is 6.75. The molecule has 5 nitrogen and oxygen atoms in total. The van der Waals surface area contributed by atoms with Gasteiger partial charge in [0.2, 0.25) is 5.91 Å². The first-order valence-corrected chi connectivity index (χ1v) is 9.49. The van der Waals surface area contributed by atoms with Crippen molar-refractivity contribution in [3.8, 4) is 0 Å². The van der Waals surface area contributed by atoms with Crippen LogP contribution < -0.4 is 15.5 Å². The Bertz CT molecular complexity index is 572. The Hall–Kier alpha value is -1.62. The maximum Gasteiger partial charge on any atom is 0.220 e. The lowest BCUT2D eigenvalue weighted by atomic mass is 9.89. The predicted octanol–water partition coefficient (Wildman–Crippen LogP) is 2.22. The molecule has 3 saturated heterocycles. The number of carbonyl (C=O) groups excluding carboxylic acids is 1. The maximum absolute atomic E-state index is 12.3. The first kappa shape index (κ1) is 15.9. The number of piperidine rings is 1. The normalized spacial score (nSPS) is 29.0. The van der Waals surface area contributed by atoms with Gasteiger partial charge in [-0.05, 0) is 62.1 Å². The van der Waals surface area contributed by atoms with Crippen molar-refractivity contribution < 1.29 is 4.79 Å². The Labute approximate surface area is 144 Å². The summed E-state index contributed by atoms with van der Waals surface area (Å²) >= 11 is 0. The third-order valence-corrected chi connectivity index (χ3v) is 5.77. The number of amides is 1. The zero-order valence-electron chi connectivity index (χ0n) is 14.3. The SMILES string of the molecule is O=C(CC1CC2CCC(C1)N2)NCc1ccnc(N2CCCC2)c1. The van der Waals surface area contributed by atoms with Gasteiger partial charge in [-0.1, -0.05) is 0 Å². The zero-order chi connectivity index (χ0) is 16.4. The largest absolute Gasteiger partial charge is 0.357 e. The summed E-state index contributed by atoms with van der Waals surface area (Å²) in [5.74, 6) is 1.80. The number of pyridine rings is 1. The lowest BCUT2D eigenvalue weighted by Crippen LogP contribution is -2.39. The smallest absolute Gasteiger partial charge is 0.220 e. The van der Waals surface area contributed by atoms with Crippen molar-refractivity contribution in [3.05, 3.63) is 23.9 Å². The third-order valence-electron chi connectivity index (χ3n) is 5.77. The molecule has 1 aromatic rings. The molecule has 4 heterocycles. The molecule has 5 heteroatoms. The van der Waals surface area contributed by atoms with Crippen molar-refractivity contribution in [1.82, 2.24) is 15.6 Å². The second-order valence-corrected chi connectivity index (χ2v) is 7.67. The highest BCUT2D eigenvalue weighted by atomic mass is 16.1. The maximum atomic E-state index is 12.3. The van der Waals surface area contributed by atoms with E-state index in [1.807, 2.05) is 12.3 Å². The topological polar surface area (TPSA) is 57.3 Å². The van der Waals surface area contributed by atoms with Gasteiger partial charge in [0.25, 0.3) is 0 Å². The average Bonchev–Trinajstić information content (AvgIpc) is 3.23. The van der Waals surface area contributed by atoms with Gasteiger partial charge in [0, 0.05) is 44.3 Å². The van der Waals surface area contributed by atoms with Gasteiger partial charge in [-0.2, -0.15) is 0 Å². The highest BCUT2D eigenvalue weighted by molar-refractivity contribution is 5.76. The summed E-state index contributed by atoms with van der Waals surface area (Å²) < 4.78 is 0. The average molecular weight is 328 g/mol. The molecule has 3 fully saturated rings. The zero-order valence-corrected chi connectivity index (χ0v) is 14.3. The highest BCUT2D eigenvalue weighted by Crippen LogP contribution is 2.32. The van der Waals surface area contributed by atoms with Crippen LogP contribution in [0.4, 0.5) is 5.82 Å². The molecular formula is C19H28N4O. The third kappa shape index (κ3) is 3.72. The number of anilines is 1. The molecule has 2 N–H and O–H groups in total. The van der Waals surface area contributed by atoms with Gasteiger partial charge in [0.1, 0.15) is 5.82 Å². The quantitative estimate of drug-likeness (QED) is 0.870. The minimum Gasteiger partial charge on any atom is -0.357 e. The monoisotopic (exact) mass is 328 g/mol. The fourth-order valence-corrected chi connectivity index (χ4v) is 4.57. The molecule has 3 aliphatic rings. The molecule has 130 valence electrons. The van der Waals surface area contributed by atoms with Crippen molar-refractivity contribution in [2.24, 2.45) is 5.92 Å². The number of fused-ring (bicyclic) bond motifs is 2. The first-order valence-electron chi connectivity index (χ1n) is 9.49. The minimum atomic E-state index is 0.195. The van der Waals surface area contributed by atoms with Crippen LogP contribution in [0.15, 0.2) is 18.3 Å². The van der Waals surface area contributed by atoms with Crippen molar-refractivity contribution in [2.75, 3.05) is 18.0 Å². The van der Waals surface area contributed by atoms with E-state index >= 15 is 0 Å². The molecule has 1 aromatic heterocycles. The molecule has 2 bridgehead atoms.